The molecule has 0 aliphatic heterocycles. The maximum Gasteiger partial charge on any atom is 0.236 e. The average molecular weight is 291 g/mol. The molecule has 8 heteroatoms. The van der Waals surface area contributed by atoms with E-state index in [1.54, 1.807) is 0 Å². The largest absolute Gasteiger partial charge is 0.301 e. The number of aromatic nitrogens is 3. The standard InChI is InChI=1S/C11H9N5OS2/c1-7-5-19-11(15-7)16-9(17)6-18-10-4-13-8(2-12)3-14-10/h3-5H,6H2,1H3,(H,15,16,17). The predicted molar refractivity (Wildman–Crippen MR) is 73.0 cm³/mol. The van der Waals surface area contributed by atoms with E-state index in [0.29, 0.717) is 10.2 Å². The summed E-state index contributed by atoms with van der Waals surface area (Å²) in [4.78, 5) is 23.7. The molecule has 0 fully saturated rings. The maximum absolute atomic E-state index is 11.7. The fraction of sp³-hybridized carbons (Fsp3) is 0.182. The van der Waals surface area contributed by atoms with E-state index in [0.717, 1.165) is 5.69 Å². The number of anilines is 1. The number of nitriles is 1. The van der Waals surface area contributed by atoms with Gasteiger partial charge in [0.2, 0.25) is 5.91 Å². The van der Waals surface area contributed by atoms with Gasteiger partial charge in [0.1, 0.15) is 11.1 Å². The molecule has 0 aromatic carbocycles. The zero-order chi connectivity index (χ0) is 13.7. The summed E-state index contributed by atoms with van der Waals surface area (Å²) in [6.07, 6.45) is 2.86. The van der Waals surface area contributed by atoms with Crippen molar-refractivity contribution < 1.29 is 4.79 Å². The van der Waals surface area contributed by atoms with Gasteiger partial charge in [0, 0.05) is 5.38 Å². The molecule has 0 bridgehead atoms. The van der Waals surface area contributed by atoms with Gasteiger partial charge < -0.3 is 5.32 Å². The predicted octanol–water partition coefficient (Wildman–Crippen LogP) is 1.84. The van der Waals surface area contributed by atoms with Crippen LogP contribution in [-0.4, -0.2) is 26.6 Å². The number of amides is 1. The van der Waals surface area contributed by atoms with E-state index in [-0.39, 0.29) is 17.4 Å². The quantitative estimate of drug-likeness (QED) is 0.864. The molecule has 0 radical (unpaired) electrons. The van der Waals surface area contributed by atoms with E-state index in [1.807, 2.05) is 18.4 Å². The summed E-state index contributed by atoms with van der Waals surface area (Å²) in [7, 11) is 0. The van der Waals surface area contributed by atoms with Crippen LogP contribution in [0.15, 0.2) is 22.8 Å². The van der Waals surface area contributed by atoms with E-state index in [1.165, 1.54) is 35.5 Å². The molecule has 0 unspecified atom stereocenters. The third-order valence-electron chi connectivity index (χ3n) is 1.96. The number of hydrogen-bond acceptors (Lipinski definition) is 7. The van der Waals surface area contributed by atoms with Crippen molar-refractivity contribution in [1.29, 1.82) is 5.26 Å². The van der Waals surface area contributed by atoms with Gasteiger partial charge in [-0.25, -0.2) is 15.0 Å². The summed E-state index contributed by atoms with van der Waals surface area (Å²) < 4.78 is 0. The molecule has 0 saturated carbocycles. The summed E-state index contributed by atoms with van der Waals surface area (Å²) in [6, 6.07) is 1.88. The Morgan fingerprint density at radius 2 is 2.37 bits per heavy atom. The van der Waals surface area contributed by atoms with E-state index in [9.17, 15) is 4.79 Å². The fourth-order valence-corrected chi connectivity index (χ4v) is 2.46. The second-order valence-electron chi connectivity index (χ2n) is 3.48. The Balaban J connectivity index is 1.84. The number of thioether (sulfide) groups is 1. The number of hydrogen-bond donors (Lipinski definition) is 1. The average Bonchev–Trinajstić information content (AvgIpc) is 2.82. The van der Waals surface area contributed by atoms with Gasteiger partial charge in [-0.2, -0.15) is 5.26 Å². The molecule has 1 N–H and O–H groups in total. The van der Waals surface area contributed by atoms with Crippen LogP contribution in [0.5, 0.6) is 0 Å². The fourth-order valence-electron chi connectivity index (χ4n) is 1.15. The van der Waals surface area contributed by atoms with Crippen LogP contribution in [0, 0.1) is 18.3 Å². The van der Waals surface area contributed by atoms with Crippen LogP contribution in [0.25, 0.3) is 0 Å². The Bertz CT molecular complexity index is 617. The van der Waals surface area contributed by atoms with E-state index in [4.69, 9.17) is 5.26 Å². The topological polar surface area (TPSA) is 91.6 Å². The highest BCUT2D eigenvalue weighted by Gasteiger charge is 2.07. The van der Waals surface area contributed by atoms with Gasteiger partial charge in [0.25, 0.3) is 0 Å². The zero-order valence-electron chi connectivity index (χ0n) is 9.95. The number of rotatable bonds is 4. The summed E-state index contributed by atoms with van der Waals surface area (Å²) in [5.74, 6) is 0.0738. The normalized spacial score (nSPS) is 9.89. The van der Waals surface area contributed by atoms with E-state index >= 15 is 0 Å². The van der Waals surface area contributed by atoms with Crippen LogP contribution < -0.4 is 5.32 Å². The molecule has 96 valence electrons. The molecule has 1 amide bonds. The molecule has 2 rings (SSSR count). The summed E-state index contributed by atoms with van der Waals surface area (Å²) in [5, 5.41) is 14.3. The molecular weight excluding hydrogens is 282 g/mol. The molecular formula is C11H9N5OS2. The highest BCUT2D eigenvalue weighted by atomic mass is 32.2. The Morgan fingerprint density at radius 3 is 2.95 bits per heavy atom. The van der Waals surface area contributed by atoms with Crippen LogP contribution in [-0.2, 0) is 4.79 Å². The van der Waals surface area contributed by atoms with Crippen LogP contribution in [0.4, 0.5) is 5.13 Å². The number of carbonyl (C=O) groups is 1. The lowest BCUT2D eigenvalue weighted by Crippen LogP contribution is -2.13. The monoisotopic (exact) mass is 291 g/mol. The number of nitrogens with zero attached hydrogens (tertiary/aromatic N) is 4. The van der Waals surface area contributed by atoms with Crippen molar-refractivity contribution in [2.24, 2.45) is 0 Å². The number of nitrogens with one attached hydrogen (secondary N) is 1. The van der Waals surface area contributed by atoms with Crippen molar-refractivity contribution >= 4 is 34.1 Å². The van der Waals surface area contributed by atoms with Gasteiger partial charge in [0.15, 0.2) is 10.8 Å². The number of carbonyl (C=O) groups excluding carboxylic acids is 1. The van der Waals surface area contributed by atoms with Crippen LogP contribution in [0.2, 0.25) is 0 Å². The van der Waals surface area contributed by atoms with E-state index < -0.39 is 0 Å². The molecule has 0 aliphatic rings. The van der Waals surface area contributed by atoms with E-state index in [2.05, 4.69) is 20.3 Å². The summed E-state index contributed by atoms with van der Waals surface area (Å²) in [6.45, 7) is 1.87. The lowest BCUT2D eigenvalue weighted by molar-refractivity contribution is -0.113. The Labute approximate surface area is 117 Å². The second kappa shape index (κ2) is 6.26. The molecule has 0 spiro atoms. The first-order valence-corrected chi connectivity index (χ1v) is 7.11. The third-order valence-corrected chi connectivity index (χ3v) is 3.75. The number of aryl methyl sites for hydroxylation is 1. The minimum Gasteiger partial charge on any atom is -0.301 e. The first-order chi connectivity index (χ1) is 9.17. The van der Waals surface area contributed by atoms with Crippen molar-refractivity contribution in [3.63, 3.8) is 0 Å². The maximum atomic E-state index is 11.7. The lowest BCUT2D eigenvalue weighted by atomic mass is 10.5. The van der Waals surface area contributed by atoms with Crippen LogP contribution in [0.1, 0.15) is 11.4 Å². The van der Waals surface area contributed by atoms with Crippen LogP contribution in [0.3, 0.4) is 0 Å². The molecule has 0 saturated heterocycles. The lowest BCUT2D eigenvalue weighted by Gasteiger charge is -2.01. The molecule has 0 atom stereocenters. The second-order valence-corrected chi connectivity index (χ2v) is 5.34. The summed E-state index contributed by atoms with van der Waals surface area (Å²) >= 11 is 2.64. The van der Waals surface area contributed by atoms with Gasteiger partial charge in [-0.05, 0) is 6.92 Å². The Hall–Kier alpha value is -1.98. The van der Waals surface area contributed by atoms with Crippen molar-refractivity contribution in [2.45, 2.75) is 11.9 Å². The minimum absolute atomic E-state index is 0.148. The molecule has 6 nitrogen and oxygen atoms in total. The van der Waals surface area contributed by atoms with Gasteiger partial charge >= 0.3 is 0 Å². The van der Waals surface area contributed by atoms with Gasteiger partial charge in [-0.3, -0.25) is 4.79 Å². The molecule has 0 aliphatic carbocycles. The third kappa shape index (κ3) is 4.01. The molecule has 2 heterocycles. The molecule has 19 heavy (non-hydrogen) atoms. The highest BCUT2D eigenvalue weighted by Crippen LogP contribution is 2.17. The van der Waals surface area contributed by atoms with Crippen molar-refractivity contribution in [3.8, 4) is 6.07 Å². The highest BCUT2D eigenvalue weighted by molar-refractivity contribution is 7.99. The zero-order valence-corrected chi connectivity index (χ0v) is 11.6. The Kier molecular flexibility index (Phi) is 4.43. The molecule has 2 aromatic rings. The number of thiazole rings is 1. The molecule has 2 aromatic heterocycles. The van der Waals surface area contributed by atoms with Crippen molar-refractivity contribution in [1.82, 2.24) is 15.0 Å². The van der Waals surface area contributed by atoms with Crippen molar-refractivity contribution in [2.75, 3.05) is 11.1 Å². The minimum atomic E-state index is -0.148. The first kappa shape index (κ1) is 13.5. The van der Waals surface area contributed by atoms with Gasteiger partial charge in [-0.1, -0.05) is 11.8 Å². The summed E-state index contributed by atoms with van der Waals surface area (Å²) in [5.41, 5.74) is 1.14. The SMILES string of the molecule is Cc1csc(NC(=O)CSc2cnc(C#N)cn2)n1. The first-order valence-electron chi connectivity index (χ1n) is 5.24. The van der Waals surface area contributed by atoms with Crippen LogP contribution >= 0.6 is 23.1 Å². The smallest absolute Gasteiger partial charge is 0.236 e. The van der Waals surface area contributed by atoms with Gasteiger partial charge in [-0.15, -0.1) is 11.3 Å². The van der Waals surface area contributed by atoms with Gasteiger partial charge in [0.05, 0.1) is 23.8 Å². The Morgan fingerprint density at radius 1 is 1.53 bits per heavy atom. The van der Waals surface area contributed by atoms with Crippen molar-refractivity contribution in [3.05, 3.63) is 29.2 Å².